The molecule has 0 radical (unpaired) electrons. The highest BCUT2D eigenvalue weighted by molar-refractivity contribution is 7.18. The third-order valence-electron chi connectivity index (χ3n) is 2.47. The van der Waals surface area contributed by atoms with Crippen LogP contribution >= 0.6 is 11.3 Å². The lowest BCUT2D eigenvalue weighted by Gasteiger charge is -2.03. The maximum atomic E-state index is 13.4. The van der Waals surface area contributed by atoms with Gasteiger partial charge in [-0.3, -0.25) is 4.79 Å². The molecule has 2 rings (SSSR count). The van der Waals surface area contributed by atoms with Gasteiger partial charge in [-0.25, -0.2) is 9.18 Å². The smallest absolute Gasteiger partial charge is 0.346 e. The summed E-state index contributed by atoms with van der Waals surface area (Å²) < 4.78 is 13.4. The van der Waals surface area contributed by atoms with Crippen LogP contribution in [0.4, 0.5) is 9.39 Å². The summed E-state index contributed by atoms with van der Waals surface area (Å²) in [5, 5.41) is 11.8. The highest BCUT2D eigenvalue weighted by Gasteiger charge is 2.16. The monoisotopic (exact) mass is 279 g/mol. The molecule has 1 heterocycles. The first-order valence-electron chi connectivity index (χ1n) is 5.38. The second-order valence-electron chi connectivity index (χ2n) is 3.86. The SMILES string of the molecule is Cc1cc(NC(=O)c2ccccc2F)sc1C(=O)O. The summed E-state index contributed by atoms with van der Waals surface area (Å²) in [6.45, 7) is 1.64. The van der Waals surface area contributed by atoms with Gasteiger partial charge in [-0.05, 0) is 30.7 Å². The quantitative estimate of drug-likeness (QED) is 0.907. The Morgan fingerprint density at radius 1 is 1.32 bits per heavy atom. The average molecular weight is 279 g/mol. The molecule has 2 N–H and O–H groups in total. The Labute approximate surface area is 112 Å². The first-order valence-corrected chi connectivity index (χ1v) is 6.20. The number of rotatable bonds is 3. The third kappa shape index (κ3) is 2.79. The van der Waals surface area contributed by atoms with Crippen LogP contribution in [0.3, 0.4) is 0 Å². The standard InChI is InChI=1S/C13H10FNO3S/c1-7-6-10(19-11(7)13(17)18)15-12(16)8-4-2-3-5-9(8)14/h2-6H,1H3,(H,15,16)(H,17,18). The van der Waals surface area contributed by atoms with Crippen molar-refractivity contribution in [1.29, 1.82) is 0 Å². The molecule has 19 heavy (non-hydrogen) atoms. The zero-order chi connectivity index (χ0) is 14.0. The van der Waals surface area contributed by atoms with E-state index in [9.17, 15) is 14.0 Å². The Morgan fingerprint density at radius 2 is 2.00 bits per heavy atom. The van der Waals surface area contributed by atoms with Gasteiger partial charge in [0.1, 0.15) is 10.7 Å². The van der Waals surface area contributed by atoms with Crippen LogP contribution in [-0.2, 0) is 0 Å². The van der Waals surface area contributed by atoms with E-state index in [2.05, 4.69) is 5.32 Å². The van der Waals surface area contributed by atoms with Crippen LogP contribution in [0.15, 0.2) is 30.3 Å². The molecule has 4 nitrogen and oxygen atoms in total. The van der Waals surface area contributed by atoms with E-state index in [-0.39, 0.29) is 10.4 Å². The Morgan fingerprint density at radius 3 is 2.58 bits per heavy atom. The molecular weight excluding hydrogens is 269 g/mol. The van der Waals surface area contributed by atoms with E-state index in [1.54, 1.807) is 19.1 Å². The van der Waals surface area contributed by atoms with Crippen LogP contribution in [-0.4, -0.2) is 17.0 Å². The second-order valence-corrected chi connectivity index (χ2v) is 4.91. The van der Waals surface area contributed by atoms with Gasteiger partial charge in [0, 0.05) is 0 Å². The first kappa shape index (κ1) is 13.2. The van der Waals surface area contributed by atoms with Gasteiger partial charge in [0.15, 0.2) is 0 Å². The number of carboxylic acid groups (broad SMARTS) is 1. The number of halogens is 1. The molecule has 1 aromatic carbocycles. The minimum Gasteiger partial charge on any atom is -0.477 e. The average Bonchev–Trinajstić information content (AvgIpc) is 2.70. The van der Waals surface area contributed by atoms with Crippen molar-refractivity contribution >= 4 is 28.2 Å². The molecule has 0 unspecified atom stereocenters. The zero-order valence-electron chi connectivity index (χ0n) is 9.94. The number of benzene rings is 1. The Kier molecular flexibility index (Phi) is 3.62. The van der Waals surface area contributed by atoms with Gasteiger partial charge >= 0.3 is 5.97 Å². The zero-order valence-corrected chi connectivity index (χ0v) is 10.8. The predicted octanol–water partition coefficient (Wildman–Crippen LogP) is 3.15. The van der Waals surface area contributed by atoms with E-state index < -0.39 is 17.7 Å². The lowest BCUT2D eigenvalue weighted by Crippen LogP contribution is -2.12. The van der Waals surface area contributed by atoms with Gasteiger partial charge in [0.05, 0.1) is 10.6 Å². The van der Waals surface area contributed by atoms with Crippen LogP contribution < -0.4 is 5.32 Å². The normalized spacial score (nSPS) is 10.2. The molecule has 0 aliphatic heterocycles. The lowest BCUT2D eigenvalue weighted by atomic mass is 10.2. The lowest BCUT2D eigenvalue weighted by molar-refractivity contribution is 0.0701. The predicted molar refractivity (Wildman–Crippen MR) is 70.4 cm³/mol. The topological polar surface area (TPSA) is 66.4 Å². The van der Waals surface area contributed by atoms with Crippen LogP contribution in [0, 0.1) is 12.7 Å². The van der Waals surface area contributed by atoms with Crippen molar-refractivity contribution in [1.82, 2.24) is 0 Å². The summed E-state index contributed by atoms with van der Waals surface area (Å²) in [5.41, 5.74) is 0.478. The van der Waals surface area contributed by atoms with Crippen LogP contribution in [0.5, 0.6) is 0 Å². The summed E-state index contributed by atoms with van der Waals surface area (Å²) in [4.78, 5) is 22.9. The van der Waals surface area contributed by atoms with Crippen LogP contribution in [0.1, 0.15) is 25.6 Å². The van der Waals surface area contributed by atoms with Crippen molar-refractivity contribution < 1.29 is 19.1 Å². The summed E-state index contributed by atoms with van der Waals surface area (Å²) >= 11 is 0.943. The van der Waals surface area contributed by atoms with E-state index >= 15 is 0 Å². The van der Waals surface area contributed by atoms with E-state index in [0.29, 0.717) is 10.6 Å². The van der Waals surface area contributed by atoms with Crippen molar-refractivity contribution in [3.05, 3.63) is 52.2 Å². The number of thiophene rings is 1. The molecule has 0 saturated heterocycles. The molecule has 0 aliphatic carbocycles. The number of hydrogen-bond donors (Lipinski definition) is 2. The minimum atomic E-state index is -1.05. The number of nitrogens with one attached hydrogen (secondary N) is 1. The van der Waals surface area contributed by atoms with Crippen molar-refractivity contribution in [3.63, 3.8) is 0 Å². The molecule has 0 aliphatic rings. The number of aromatic carboxylic acids is 1. The van der Waals surface area contributed by atoms with Crippen LogP contribution in [0.2, 0.25) is 0 Å². The maximum Gasteiger partial charge on any atom is 0.346 e. The number of amides is 1. The summed E-state index contributed by atoms with van der Waals surface area (Å²) in [6, 6.07) is 7.15. The molecule has 0 fully saturated rings. The molecule has 2 aromatic rings. The maximum absolute atomic E-state index is 13.4. The molecule has 0 spiro atoms. The highest BCUT2D eigenvalue weighted by atomic mass is 32.1. The van der Waals surface area contributed by atoms with Crippen molar-refractivity contribution in [2.45, 2.75) is 6.92 Å². The number of carboxylic acids is 1. The summed E-state index contributed by atoms with van der Waals surface area (Å²) in [7, 11) is 0. The van der Waals surface area contributed by atoms with Gasteiger partial charge in [-0.15, -0.1) is 11.3 Å². The Balaban J connectivity index is 2.22. The number of hydrogen-bond acceptors (Lipinski definition) is 3. The fourth-order valence-electron chi connectivity index (χ4n) is 1.58. The van der Waals surface area contributed by atoms with E-state index in [0.717, 1.165) is 11.3 Å². The van der Waals surface area contributed by atoms with Crippen molar-refractivity contribution in [3.8, 4) is 0 Å². The molecule has 1 aromatic heterocycles. The molecule has 98 valence electrons. The van der Waals surface area contributed by atoms with Crippen molar-refractivity contribution in [2.75, 3.05) is 5.32 Å². The van der Waals surface area contributed by atoms with E-state index in [1.807, 2.05) is 0 Å². The molecule has 1 amide bonds. The summed E-state index contributed by atoms with van der Waals surface area (Å²) in [5.74, 6) is -2.27. The fraction of sp³-hybridized carbons (Fsp3) is 0.0769. The van der Waals surface area contributed by atoms with Gasteiger partial charge in [-0.1, -0.05) is 12.1 Å². The first-order chi connectivity index (χ1) is 8.99. The third-order valence-corrected chi connectivity index (χ3v) is 3.61. The minimum absolute atomic E-state index is 0.0783. The molecule has 0 saturated carbocycles. The highest BCUT2D eigenvalue weighted by Crippen LogP contribution is 2.27. The Bertz CT molecular complexity index is 651. The Hall–Kier alpha value is -2.21. The molecule has 6 heteroatoms. The number of aryl methyl sites for hydroxylation is 1. The number of carbonyl (C=O) groups excluding carboxylic acids is 1. The van der Waals surface area contributed by atoms with Crippen molar-refractivity contribution in [2.24, 2.45) is 0 Å². The van der Waals surface area contributed by atoms with E-state index in [1.165, 1.54) is 18.2 Å². The number of carbonyl (C=O) groups is 2. The van der Waals surface area contributed by atoms with Gasteiger partial charge in [0.2, 0.25) is 0 Å². The van der Waals surface area contributed by atoms with Gasteiger partial charge < -0.3 is 10.4 Å². The fourth-order valence-corrected chi connectivity index (χ4v) is 2.49. The number of anilines is 1. The molecule has 0 bridgehead atoms. The molecule has 0 atom stereocenters. The van der Waals surface area contributed by atoms with E-state index in [4.69, 9.17) is 5.11 Å². The van der Waals surface area contributed by atoms with Gasteiger partial charge in [0.25, 0.3) is 5.91 Å². The second kappa shape index (κ2) is 5.19. The van der Waals surface area contributed by atoms with Crippen LogP contribution in [0.25, 0.3) is 0 Å². The largest absolute Gasteiger partial charge is 0.477 e. The van der Waals surface area contributed by atoms with Gasteiger partial charge in [-0.2, -0.15) is 0 Å². The molecular formula is C13H10FNO3S. The summed E-state index contributed by atoms with van der Waals surface area (Å²) in [6.07, 6.45) is 0.